The van der Waals surface area contributed by atoms with Crippen molar-refractivity contribution in [3.05, 3.63) is 76.6 Å². The molecule has 2 heteroatoms. The van der Waals surface area contributed by atoms with Gasteiger partial charge in [-0.1, -0.05) is 61.9 Å². The molecule has 0 saturated heterocycles. The highest BCUT2D eigenvalue weighted by molar-refractivity contribution is 7.99. The molecule has 0 saturated carbocycles. The Morgan fingerprint density at radius 1 is 1.04 bits per heavy atom. The molecular weight excluding hydrogens is 324 g/mol. The lowest BCUT2D eigenvalue weighted by Crippen LogP contribution is -2.20. The normalized spacial score (nSPS) is 18.2. The van der Waals surface area contributed by atoms with Crippen LogP contribution < -0.4 is 0 Å². The van der Waals surface area contributed by atoms with E-state index in [1.807, 2.05) is 11.8 Å². The van der Waals surface area contributed by atoms with E-state index in [2.05, 4.69) is 76.2 Å². The predicted octanol–water partition coefficient (Wildman–Crippen LogP) is 7.16. The van der Waals surface area contributed by atoms with E-state index >= 15 is 0 Å². The number of hydrogen-bond acceptors (Lipinski definition) is 2. The second-order valence-electron chi connectivity index (χ2n) is 7.99. The summed E-state index contributed by atoms with van der Waals surface area (Å²) in [6, 6.07) is 17.2. The summed E-state index contributed by atoms with van der Waals surface area (Å²) in [7, 11) is 0. The summed E-state index contributed by atoms with van der Waals surface area (Å²) in [4.78, 5) is 1.30. The van der Waals surface area contributed by atoms with Gasteiger partial charge < -0.3 is 5.11 Å². The van der Waals surface area contributed by atoms with Crippen LogP contribution in [-0.4, -0.2) is 5.11 Å². The summed E-state index contributed by atoms with van der Waals surface area (Å²) in [5.41, 5.74) is 5.27. The number of thioether (sulfide) groups is 1. The van der Waals surface area contributed by atoms with Gasteiger partial charge in [0.15, 0.2) is 0 Å². The maximum atomic E-state index is 10.8. The zero-order chi connectivity index (χ0) is 18.0. The number of allylic oxidation sites excluding steroid dienone is 1. The molecule has 0 amide bonds. The van der Waals surface area contributed by atoms with Gasteiger partial charge in [-0.3, -0.25) is 0 Å². The number of aliphatic hydroxyl groups is 1. The summed E-state index contributed by atoms with van der Waals surface area (Å²) >= 11 is 1.87. The molecule has 1 atom stereocenters. The fourth-order valence-electron chi connectivity index (χ4n) is 3.58. The van der Waals surface area contributed by atoms with Crippen LogP contribution in [0.5, 0.6) is 0 Å². The van der Waals surface area contributed by atoms with Gasteiger partial charge in [0, 0.05) is 11.3 Å². The van der Waals surface area contributed by atoms with E-state index < -0.39 is 0 Å². The minimum atomic E-state index is 0.179. The minimum Gasteiger partial charge on any atom is -0.512 e. The summed E-state index contributed by atoms with van der Waals surface area (Å²) in [5.74, 6) is 0.599. The molecule has 1 aliphatic rings. The summed E-state index contributed by atoms with van der Waals surface area (Å²) in [5, 5.41) is 11.0. The van der Waals surface area contributed by atoms with Gasteiger partial charge in [-0.05, 0) is 54.9 Å². The summed E-state index contributed by atoms with van der Waals surface area (Å²) in [6.07, 6.45) is 2.87. The fraction of sp³-hybridized carbons (Fsp3) is 0.391. The quantitative estimate of drug-likeness (QED) is 0.589. The molecule has 1 aliphatic carbocycles. The number of aliphatic hydroxyl groups excluding tert-OH is 1. The molecule has 0 bridgehead atoms. The molecule has 25 heavy (non-hydrogen) atoms. The third-order valence-electron chi connectivity index (χ3n) is 5.08. The number of benzene rings is 2. The van der Waals surface area contributed by atoms with Crippen molar-refractivity contribution < 1.29 is 5.11 Å². The van der Waals surface area contributed by atoms with Crippen LogP contribution in [0.25, 0.3) is 0 Å². The van der Waals surface area contributed by atoms with Crippen molar-refractivity contribution in [1.29, 1.82) is 0 Å². The average molecular weight is 353 g/mol. The van der Waals surface area contributed by atoms with Crippen molar-refractivity contribution in [2.45, 2.75) is 57.1 Å². The molecule has 2 aromatic rings. The highest BCUT2D eigenvalue weighted by Gasteiger charge is 2.31. The SMILES string of the molecule is Cc1ccc(SC(C2=C(O)CC(C)(C)CC2)c2ccccc2)c(C)c1. The van der Waals surface area contributed by atoms with E-state index in [-0.39, 0.29) is 10.7 Å². The Labute approximate surface area is 156 Å². The predicted molar refractivity (Wildman–Crippen MR) is 108 cm³/mol. The average Bonchev–Trinajstić information content (AvgIpc) is 2.55. The lowest BCUT2D eigenvalue weighted by Gasteiger charge is -2.34. The number of hydrogen-bond donors (Lipinski definition) is 1. The highest BCUT2D eigenvalue weighted by atomic mass is 32.2. The van der Waals surface area contributed by atoms with Crippen molar-refractivity contribution in [2.75, 3.05) is 0 Å². The van der Waals surface area contributed by atoms with Gasteiger partial charge in [0.2, 0.25) is 0 Å². The molecule has 0 aromatic heterocycles. The Balaban J connectivity index is 1.99. The van der Waals surface area contributed by atoms with E-state index in [4.69, 9.17) is 0 Å². The molecule has 0 spiro atoms. The molecule has 0 fully saturated rings. The summed E-state index contributed by atoms with van der Waals surface area (Å²) < 4.78 is 0. The van der Waals surface area contributed by atoms with Crippen LogP contribution in [0.15, 0.2) is 64.8 Å². The molecule has 1 unspecified atom stereocenters. The van der Waals surface area contributed by atoms with Crippen molar-refractivity contribution in [1.82, 2.24) is 0 Å². The second kappa shape index (κ2) is 7.29. The van der Waals surface area contributed by atoms with E-state index in [1.165, 1.54) is 27.2 Å². The van der Waals surface area contributed by atoms with Crippen LogP contribution >= 0.6 is 11.8 Å². The smallest absolute Gasteiger partial charge is 0.0934 e. The van der Waals surface area contributed by atoms with Gasteiger partial charge in [0.25, 0.3) is 0 Å². The first-order valence-electron chi connectivity index (χ1n) is 9.05. The van der Waals surface area contributed by atoms with E-state index in [9.17, 15) is 5.11 Å². The first-order valence-corrected chi connectivity index (χ1v) is 9.93. The molecule has 3 rings (SSSR count). The van der Waals surface area contributed by atoms with E-state index in [0.717, 1.165) is 19.3 Å². The van der Waals surface area contributed by atoms with Crippen LogP contribution in [0.3, 0.4) is 0 Å². The Morgan fingerprint density at radius 2 is 1.76 bits per heavy atom. The standard InChI is InChI=1S/C23H28OS/c1-16-10-11-21(17(2)14-16)25-22(18-8-6-5-7-9-18)19-12-13-23(3,4)15-20(19)24/h5-11,14,22,24H,12-13,15H2,1-4H3. The second-order valence-corrected chi connectivity index (χ2v) is 9.14. The zero-order valence-electron chi connectivity index (χ0n) is 15.7. The van der Waals surface area contributed by atoms with Gasteiger partial charge in [0.05, 0.1) is 11.0 Å². The van der Waals surface area contributed by atoms with Crippen LogP contribution in [0.2, 0.25) is 0 Å². The Morgan fingerprint density at radius 3 is 2.40 bits per heavy atom. The molecule has 2 aromatic carbocycles. The first-order chi connectivity index (χ1) is 11.9. The molecule has 0 heterocycles. The maximum absolute atomic E-state index is 10.8. The number of aryl methyl sites for hydroxylation is 2. The molecule has 132 valence electrons. The molecule has 1 nitrogen and oxygen atoms in total. The molecule has 1 N–H and O–H groups in total. The van der Waals surface area contributed by atoms with Gasteiger partial charge >= 0.3 is 0 Å². The first kappa shape index (κ1) is 18.1. The minimum absolute atomic E-state index is 0.179. The number of rotatable bonds is 4. The van der Waals surface area contributed by atoms with Crippen molar-refractivity contribution >= 4 is 11.8 Å². The van der Waals surface area contributed by atoms with Gasteiger partial charge in [0.1, 0.15) is 0 Å². The van der Waals surface area contributed by atoms with Crippen LogP contribution in [0.1, 0.15) is 55.1 Å². The molecule has 0 aliphatic heterocycles. The Hall–Kier alpha value is -1.67. The zero-order valence-corrected chi connectivity index (χ0v) is 16.5. The summed E-state index contributed by atoms with van der Waals surface area (Å²) in [6.45, 7) is 8.80. The van der Waals surface area contributed by atoms with Crippen LogP contribution in [0, 0.1) is 19.3 Å². The lowest BCUT2D eigenvalue weighted by atomic mass is 9.76. The Bertz CT molecular complexity index is 774. The van der Waals surface area contributed by atoms with Gasteiger partial charge in [-0.15, -0.1) is 11.8 Å². The largest absolute Gasteiger partial charge is 0.512 e. The van der Waals surface area contributed by atoms with Gasteiger partial charge in [-0.25, -0.2) is 0 Å². The molecule has 0 radical (unpaired) electrons. The van der Waals surface area contributed by atoms with Crippen molar-refractivity contribution in [3.63, 3.8) is 0 Å². The van der Waals surface area contributed by atoms with Crippen LogP contribution in [0.4, 0.5) is 0 Å². The van der Waals surface area contributed by atoms with E-state index in [1.54, 1.807) is 0 Å². The van der Waals surface area contributed by atoms with Gasteiger partial charge in [-0.2, -0.15) is 0 Å². The fourth-order valence-corrected chi connectivity index (χ4v) is 4.92. The van der Waals surface area contributed by atoms with E-state index in [0.29, 0.717) is 5.76 Å². The van der Waals surface area contributed by atoms with Crippen molar-refractivity contribution in [3.8, 4) is 0 Å². The third-order valence-corrected chi connectivity index (χ3v) is 6.59. The topological polar surface area (TPSA) is 20.2 Å². The van der Waals surface area contributed by atoms with Crippen molar-refractivity contribution in [2.24, 2.45) is 5.41 Å². The highest BCUT2D eigenvalue weighted by Crippen LogP contribution is 2.49. The third kappa shape index (κ3) is 4.30. The Kier molecular flexibility index (Phi) is 5.29. The molecular formula is C23H28OS. The monoisotopic (exact) mass is 352 g/mol. The lowest BCUT2D eigenvalue weighted by molar-refractivity contribution is 0.238. The maximum Gasteiger partial charge on any atom is 0.0934 e. The van der Waals surface area contributed by atoms with Crippen LogP contribution in [-0.2, 0) is 0 Å².